The molecule has 0 atom stereocenters. The second-order valence-electron chi connectivity index (χ2n) is 3.69. The molecular formula is C13H9Cl2NO3S. The van der Waals surface area contributed by atoms with Crippen molar-refractivity contribution in [1.29, 1.82) is 0 Å². The first-order valence-corrected chi connectivity index (χ1v) is 7.05. The molecule has 0 unspecified atom stereocenters. The number of rotatable bonds is 5. The smallest absolute Gasteiger partial charge is 0.341 e. The van der Waals surface area contributed by atoms with Gasteiger partial charge in [0, 0.05) is 11.2 Å². The molecule has 1 N–H and O–H groups in total. The minimum absolute atomic E-state index is 0.413. The molecule has 2 rings (SSSR count). The van der Waals surface area contributed by atoms with E-state index in [9.17, 15) is 4.79 Å². The van der Waals surface area contributed by atoms with E-state index < -0.39 is 12.6 Å². The van der Waals surface area contributed by atoms with Gasteiger partial charge in [0.2, 0.25) is 0 Å². The Balaban J connectivity index is 2.22. The third kappa shape index (κ3) is 4.30. The topological polar surface area (TPSA) is 59.4 Å². The molecule has 2 aromatic rings. The fourth-order valence-electron chi connectivity index (χ4n) is 1.36. The lowest BCUT2D eigenvalue weighted by atomic mass is 10.3. The van der Waals surface area contributed by atoms with Gasteiger partial charge in [0.05, 0.1) is 9.92 Å². The Hall–Kier alpha value is -1.43. The number of benzene rings is 1. The van der Waals surface area contributed by atoms with Crippen LogP contribution >= 0.6 is 35.0 Å². The van der Waals surface area contributed by atoms with Crippen molar-refractivity contribution >= 4 is 40.9 Å². The predicted octanol–water partition coefficient (Wildman–Crippen LogP) is 4.00. The number of hydrogen-bond acceptors (Lipinski definition) is 4. The fraction of sp³-hybridized carbons (Fsp3) is 0.0769. The van der Waals surface area contributed by atoms with Gasteiger partial charge in [0.1, 0.15) is 10.8 Å². The summed E-state index contributed by atoms with van der Waals surface area (Å²) in [6, 6.07) is 8.44. The third-order valence-corrected chi connectivity index (χ3v) is 3.62. The Bertz CT molecular complexity index is 620. The number of aliphatic carboxylic acids is 1. The minimum atomic E-state index is -1.04. The van der Waals surface area contributed by atoms with Gasteiger partial charge in [-0.3, -0.25) is 0 Å². The van der Waals surface area contributed by atoms with Crippen LogP contribution in [-0.2, 0) is 4.79 Å². The lowest BCUT2D eigenvalue weighted by Crippen LogP contribution is -2.09. The van der Waals surface area contributed by atoms with Crippen LogP contribution in [0.1, 0.15) is 0 Å². The maximum atomic E-state index is 10.6. The van der Waals surface area contributed by atoms with E-state index in [2.05, 4.69) is 4.98 Å². The molecule has 0 spiro atoms. The number of carbonyl (C=O) groups is 1. The van der Waals surface area contributed by atoms with E-state index in [1.165, 1.54) is 18.0 Å². The standard InChI is InChI=1S/C13H9Cl2NO3S/c14-8-1-3-10(19-7-13(17)18)11(5-8)20-12-4-2-9(15)6-16-12/h1-6H,7H2,(H,17,18). The molecule has 0 aliphatic carbocycles. The van der Waals surface area contributed by atoms with E-state index in [4.69, 9.17) is 33.0 Å². The molecule has 1 aromatic heterocycles. The molecule has 0 bridgehead atoms. The van der Waals surface area contributed by atoms with Gasteiger partial charge in [-0.1, -0.05) is 35.0 Å². The summed E-state index contributed by atoms with van der Waals surface area (Å²) >= 11 is 13.0. The van der Waals surface area contributed by atoms with Crippen molar-refractivity contribution < 1.29 is 14.6 Å². The maximum Gasteiger partial charge on any atom is 0.341 e. The molecule has 0 radical (unpaired) electrons. The first-order chi connectivity index (χ1) is 9.54. The van der Waals surface area contributed by atoms with E-state index in [1.807, 2.05) is 0 Å². The van der Waals surface area contributed by atoms with Crippen molar-refractivity contribution in [2.75, 3.05) is 6.61 Å². The van der Waals surface area contributed by atoms with Gasteiger partial charge < -0.3 is 9.84 Å². The molecule has 7 heteroatoms. The normalized spacial score (nSPS) is 10.3. The van der Waals surface area contributed by atoms with Crippen molar-refractivity contribution in [3.63, 3.8) is 0 Å². The number of carboxylic acids is 1. The Morgan fingerprint density at radius 3 is 2.65 bits per heavy atom. The highest BCUT2D eigenvalue weighted by atomic mass is 35.5. The summed E-state index contributed by atoms with van der Waals surface area (Å²) in [4.78, 5) is 15.4. The van der Waals surface area contributed by atoms with Gasteiger partial charge in [-0.2, -0.15) is 0 Å². The number of ether oxygens (including phenoxy) is 1. The third-order valence-electron chi connectivity index (χ3n) is 2.17. The van der Waals surface area contributed by atoms with Crippen LogP contribution in [-0.4, -0.2) is 22.7 Å². The summed E-state index contributed by atoms with van der Waals surface area (Å²) in [5, 5.41) is 10.4. The highest BCUT2D eigenvalue weighted by Crippen LogP contribution is 2.36. The van der Waals surface area contributed by atoms with Crippen molar-refractivity contribution in [3.05, 3.63) is 46.6 Å². The second kappa shape index (κ2) is 6.83. The number of aromatic nitrogens is 1. The monoisotopic (exact) mass is 329 g/mol. The average Bonchev–Trinajstić information content (AvgIpc) is 2.40. The van der Waals surface area contributed by atoms with Crippen molar-refractivity contribution in [2.24, 2.45) is 0 Å². The zero-order valence-electron chi connectivity index (χ0n) is 10.0. The molecule has 1 aromatic carbocycles. The van der Waals surface area contributed by atoms with E-state index >= 15 is 0 Å². The summed E-state index contributed by atoms with van der Waals surface area (Å²) in [7, 11) is 0. The fourth-order valence-corrected chi connectivity index (χ4v) is 2.58. The number of hydrogen-bond donors (Lipinski definition) is 1. The Labute approximate surface area is 129 Å². The van der Waals surface area contributed by atoms with Gasteiger partial charge in [-0.15, -0.1) is 0 Å². The quantitative estimate of drug-likeness (QED) is 0.898. The Morgan fingerprint density at radius 1 is 1.25 bits per heavy atom. The molecule has 20 heavy (non-hydrogen) atoms. The summed E-state index contributed by atoms with van der Waals surface area (Å²) in [6.45, 7) is -0.413. The minimum Gasteiger partial charge on any atom is -0.481 e. The highest BCUT2D eigenvalue weighted by molar-refractivity contribution is 7.99. The summed E-state index contributed by atoms with van der Waals surface area (Å²) in [5.41, 5.74) is 0. The Morgan fingerprint density at radius 2 is 2.00 bits per heavy atom. The zero-order valence-corrected chi connectivity index (χ0v) is 12.4. The molecule has 104 valence electrons. The molecule has 0 aliphatic heterocycles. The summed E-state index contributed by atoms with van der Waals surface area (Å²) in [5.74, 6) is -0.598. The van der Waals surface area contributed by atoms with Crippen molar-refractivity contribution in [1.82, 2.24) is 4.98 Å². The molecule has 1 heterocycles. The number of halogens is 2. The molecule has 0 saturated carbocycles. The van der Waals surface area contributed by atoms with Gasteiger partial charge in [-0.05, 0) is 30.3 Å². The first kappa shape index (κ1) is 15.0. The molecular weight excluding hydrogens is 321 g/mol. The number of nitrogens with zero attached hydrogens (tertiary/aromatic N) is 1. The molecule has 4 nitrogen and oxygen atoms in total. The van der Waals surface area contributed by atoms with Gasteiger partial charge in [0.15, 0.2) is 6.61 Å². The molecule has 0 aliphatic rings. The van der Waals surface area contributed by atoms with Gasteiger partial charge in [-0.25, -0.2) is 9.78 Å². The lowest BCUT2D eigenvalue weighted by Gasteiger charge is -2.09. The first-order valence-electron chi connectivity index (χ1n) is 5.48. The number of carboxylic acid groups (broad SMARTS) is 1. The number of pyridine rings is 1. The van der Waals surface area contributed by atoms with Crippen molar-refractivity contribution in [3.8, 4) is 5.75 Å². The molecule has 0 saturated heterocycles. The van der Waals surface area contributed by atoms with Crippen LogP contribution in [0.4, 0.5) is 0 Å². The molecule has 0 amide bonds. The van der Waals surface area contributed by atoms with E-state index in [-0.39, 0.29) is 0 Å². The van der Waals surface area contributed by atoms with Crippen molar-refractivity contribution in [2.45, 2.75) is 9.92 Å². The van der Waals surface area contributed by atoms with Crippen LogP contribution < -0.4 is 4.74 Å². The van der Waals surface area contributed by atoms with Gasteiger partial charge in [0.25, 0.3) is 0 Å². The van der Waals surface area contributed by atoms with Gasteiger partial charge >= 0.3 is 5.97 Å². The zero-order chi connectivity index (χ0) is 14.5. The molecule has 0 fully saturated rings. The van der Waals surface area contributed by atoms with E-state index in [0.29, 0.717) is 25.7 Å². The van der Waals surface area contributed by atoms with E-state index in [1.54, 1.807) is 30.3 Å². The van der Waals surface area contributed by atoms with Crippen LogP contribution in [0.3, 0.4) is 0 Å². The predicted molar refractivity (Wildman–Crippen MR) is 78.0 cm³/mol. The van der Waals surface area contributed by atoms with Crippen LogP contribution in [0, 0.1) is 0 Å². The van der Waals surface area contributed by atoms with Crippen LogP contribution in [0.25, 0.3) is 0 Å². The van der Waals surface area contributed by atoms with E-state index in [0.717, 1.165) is 0 Å². The summed E-state index contributed by atoms with van der Waals surface area (Å²) < 4.78 is 5.22. The van der Waals surface area contributed by atoms with Crippen LogP contribution in [0.2, 0.25) is 10.0 Å². The average molecular weight is 330 g/mol. The maximum absolute atomic E-state index is 10.6. The second-order valence-corrected chi connectivity index (χ2v) is 5.63. The largest absolute Gasteiger partial charge is 0.481 e. The Kier molecular flexibility index (Phi) is 5.11. The SMILES string of the molecule is O=C(O)COc1ccc(Cl)cc1Sc1ccc(Cl)cn1. The lowest BCUT2D eigenvalue weighted by molar-refractivity contribution is -0.139. The highest BCUT2D eigenvalue weighted by Gasteiger charge is 2.09. The van der Waals surface area contributed by atoms with Crippen LogP contribution in [0.15, 0.2) is 46.5 Å². The van der Waals surface area contributed by atoms with Crippen LogP contribution in [0.5, 0.6) is 5.75 Å². The summed E-state index contributed by atoms with van der Waals surface area (Å²) in [6.07, 6.45) is 1.53.